The van der Waals surface area contributed by atoms with Gasteiger partial charge in [-0.2, -0.15) is 10.2 Å². The maximum absolute atomic E-state index is 11.2. The number of carbonyl (C=O) groups excluding carboxylic acids is 1. The first kappa shape index (κ1) is 11.2. The van der Waals surface area contributed by atoms with Crippen LogP contribution in [0.15, 0.2) is 39.6 Å². The van der Waals surface area contributed by atoms with Crippen LogP contribution in [0.25, 0.3) is 0 Å². The van der Waals surface area contributed by atoms with E-state index in [1.807, 2.05) is 0 Å². The van der Waals surface area contributed by atoms with Crippen LogP contribution in [0.3, 0.4) is 0 Å². The molecule has 88 valence electrons. The van der Waals surface area contributed by atoms with E-state index >= 15 is 0 Å². The number of nitrogens with one attached hydrogen (secondary N) is 1. The molecular formula is C10H11N5O2. The van der Waals surface area contributed by atoms with Crippen molar-refractivity contribution in [1.82, 2.24) is 0 Å². The van der Waals surface area contributed by atoms with Gasteiger partial charge >= 0.3 is 5.91 Å². The van der Waals surface area contributed by atoms with Crippen molar-refractivity contribution in [3.05, 3.63) is 24.3 Å². The Morgan fingerprint density at radius 1 is 1.53 bits per heavy atom. The predicted octanol–water partition coefficient (Wildman–Crippen LogP) is 0.740. The molecule has 1 aromatic carbocycles. The molecule has 3 N–H and O–H groups in total. The fourth-order valence-corrected chi connectivity index (χ4v) is 1.28. The summed E-state index contributed by atoms with van der Waals surface area (Å²) in [4.78, 5) is 11.2. The summed E-state index contributed by atoms with van der Waals surface area (Å²) in [5, 5.41) is 10.7. The lowest BCUT2D eigenvalue weighted by atomic mass is 10.3. The number of hydrogen-bond acceptors (Lipinski definition) is 6. The van der Waals surface area contributed by atoms with Crippen molar-refractivity contribution in [3.8, 4) is 5.75 Å². The van der Waals surface area contributed by atoms with Crippen molar-refractivity contribution >= 4 is 17.3 Å². The molecule has 0 bridgehead atoms. The Hall–Kier alpha value is -2.28. The Balaban J connectivity index is 2.11. The van der Waals surface area contributed by atoms with Gasteiger partial charge in [0.2, 0.25) is 0 Å². The number of benzene rings is 1. The molecule has 7 nitrogen and oxygen atoms in total. The molecule has 0 aliphatic carbocycles. The quantitative estimate of drug-likeness (QED) is 0.751. The van der Waals surface area contributed by atoms with Crippen molar-refractivity contribution in [2.75, 3.05) is 12.5 Å². The van der Waals surface area contributed by atoms with E-state index in [1.165, 1.54) is 0 Å². The van der Waals surface area contributed by atoms with E-state index in [4.69, 9.17) is 10.5 Å². The first-order chi connectivity index (χ1) is 8.20. The molecule has 0 unspecified atom stereocenters. The summed E-state index contributed by atoms with van der Waals surface area (Å²) in [5.74, 6) is 0.166. The van der Waals surface area contributed by atoms with Crippen LogP contribution < -0.4 is 15.9 Å². The van der Waals surface area contributed by atoms with Crippen LogP contribution in [-0.4, -0.2) is 24.9 Å². The maximum Gasteiger partial charge on any atom is 0.315 e. The first-order valence-corrected chi connectivity index (χ1v) is 4.89. The lowest BCUT2D eigenvalue weighted by Gasteiger charge is -2.04. The van der Waals surface area contributed by atoms with Crippen LogP contribution in [0.1, 0.15) is 0 Å². The molecule has 2 rings (SSSR count). The van der Waals surface area contributed by atoms with Gasteiger partial charge < -0.3 is 10.5 Å². The van der Waals surface area contributed by atoms with Crippen LogP contribution in [0.2, 0.25) is 0 Å². The molecule has 1 amide bonds. The van der Waals surface area contributed by atoms with Gasteiger partial charge in [-0.3, -0.25) is 10.2 Å². The fraction of sp³-hybridized carbons (Fsp3) is 0.200. The number of ether oxygens (including phenoxy) is 1. The minimum absolute atomic E-state index is 0.0906. The Morgan fingerprint density at radius 3 is 3.00 bits per heavy atom. The predicted molar refractivity (Wildman–Crippen MR) is 61.9 cm³/mol. The van der Waals surface area contributed by atoms with Crippen molar-refractivity contribution in [2.45, 2.75) is 6.17 Å². The molecule has 1 heterocycles. The number of hydrogen-bond donors (Lipinski definition) is 2. The number of carbonyl (C=O) groups is 1. The number of anilines is 1. The zero-order valence-corrected chi connectivity index (χ0v) is 9.12. The van der Waals surface area contributed by atoms with E-state index in [2.05, 4.69) is 20.8 Å². The minimum Gasteiger partial charge on any atom is -0.497 e. The molecule has 1 aromatic rings. The summed E-state index contributed by atoms with van der Waals surface area (Å²) in [6, 6.07) is 7.12. The van der Waals surface area contributed by atoms with E-state index in [-0.39, 0.29) is 5.71 Å². The highest BCUT2D eigenvalue weighted by Gasteiger charge is 2.25. The Morgan fingerprint density at radius 2 is 2.35 bits per heavy atom. The molecule has 1 aliphatic heterocycles. The van der Waals surface area contributed by atoms with Crippen molar-refractivity contribution in [2.24, 2.45) is 21.1 Å². The average Bonchev–Trinajstić information content (AvgIpc) is 2.67. The SMILES string of the molecule is COc1cccc(N/N=C2\C(=O)N=N[C@@H]2N)c1. The smallest absolute Gasteiger partial charge is 0.315 e. The van der Waals surface area contributed by atoms with Crippen LogP contribution in [-0.2, 0) is 4.79 Å². The van der Waals surface area contributed by atoms with E-state index in [0.29, 0.717) is 11.4 Å². The van der Waals surface area contributed by atoms with Crippen LogP contribution >= 0.6 is 0 Å². The molecule has 1 aliphatic rings. The summed E-state index contributed by atoms with van der Waals surface area (Å²) in [6.45, 7) is 0. The average molecular weight is 233 g/mol. The Bertz CT molecular complexity index is 497. The zero-order valence-electron chi connectivity index (χ0n) is 9.12. The van der Waals surface area contributed by atoms with E-state index in [9.17, 15) is 4.79 Å². The highest BCUT2D eigenvalue weighted by molar-refractivity contribution is 6.42. The normalized spacial score (nSPS) is 20.9. The third-order valence-corrected chi connectivity index (χ3v) is 2.15. The lowest BCUT2D eigenvalue weighted by Crippen LogP contribution is -2.29. The van der Waals surface area contributed by atoms with Gasteiger partial charge in [0.15, 0.2) is 11.9 Å². The molecule has 0 radical (unpaired) electrons. The van der Waals surface area contributed by atoms with Gasteiger partial charge in [-0.15, -0.1) is 5.11 Å². The standard InChI is InChI=1S/C10H11N5O2/c1-17-7-4-2-3-6(5-7)12-13-8-9(11)14-15-10(8)16/h2-5,9,12H,11H2,1H3/b13-8-/t9-/m0/s1. The molecular weight excluding hydrogens is 222 g/mol. The lowest BCUT2D eigenvalue weighted by molar-refractivity contribution is -0.111. The third-order valence-electron chi connectivity index (χ3n) is 2.15. The van der Waals surface area contributed by atoms with Crippen molar-refractivity contribution in [3.63, 3.8) is 0 Å². The van der Waals surface area contributed by atoms with Gasteiger partial charge in [0.1, 0.15) is 5.75 Å². The molecule has 1 atom stereocenters. The monoisotopic (exact) mass is 233 g/mol. The summed E-state index contributed by atoms with van der Waals surface area (Å²) < 4.78 is 5.05. The number of hydrazone groups is 1. The van der Waals surface area contributed by atoms with Gasteiger partial charge in [-0.1, -0.05) is 6.07 Å². The number of nitrogens with two attached hydrogens (primary N) is 1. The summed E-state index contributed by atoms with van der Waals surface area (Å²) in [7, 11) is 1.57. The zero-order chi connectivity index (χ0) is 12.3. The molecule has 0 fully saturated rings. The first-order valence-electron chi connectivity index (χ1n) is 4.89. The van der Waals surface area contributed by atoms with Crippen molar-refractivity contribution < 1.29 is 9.53 Å². The van der Waals surface area contributed by atoms with Gasteiger partial charge in [0, 0.05) is 6.07 Å². The van der Waals surface area contributed by atoms with E-state index in [1.54, 1.807) is 31.4 Å². The number of azo groups is 1. The van der Waals surface area contributed by atoms with Crippen LogP contribution in [0, 0.1) is 0 Å². The van der Waals surface area contributed by atoms with Crippen LogP contribution in [0.4, 0.5) is 5.69 Å². The Labute approximate surface area is 97.4 Å². The van der Waals surface area contributed by atoms with Gasteiger partial charge in [-0.05, 0) is 12.1 Å². The number of amides is 1. The fourth-order valence-electron chi connectivity index (χ4n) is 1.28. The number of rotatable bonds is 3. The highest BCUT2D eigenvalue weighted by Crippen LogP contribution is 2.16. The number of nitrogens with zero attached hydrogens (tertiary/aromatic N) is 3. The van der Waals surface area contributed by atoms with Gasteiger partial charge in [-0.25, -0.2) is 0 Å². The van der Waals surface area contributed by atoms with Crippen molar-refractivity contribution in [1.29, 1.82) is 0 Å². The third kappa shape index (κ3) is 2.45. The minimum atomic E-state index is -0.791. The molecule has 7 heteroatoms. The summed E-state index contributed by atoms with van der Waals surface area (Å²) in [6.07, 6.45) is -0.791. The van der Waals surface area contributed by atoms with Crippen LogP contribution in [0.5, 0.6) is 5.75 Å². The second-order valence-corrected chi connectivity index (χ2v) is 3.31. The number of methoxy groups -OCH3 is 1. The second-order valence-electron chi connectivity index (χ2n) is 3.31. The topological polar surface area (TPSA) is 101 Å². The van der Waals surface area contributed by atoms with E-state index < -0.39 is 12.1 Å². The Kier molecular flexibility index (Phi) is 3.10. The van der Waals surface area contributed by atoms with Gasteiger partial charge in [0.25, 0.3) is 0 Å². The summed E-state index contributed by atoms with van der Waals surface area (Å²) >= 11 is 0. The largest absolute Gasteiger partial charge is 0.497 e. The highest BCUT2D eigenvalue weighted by atomic mass is 16.5. The second kappa shape index (κ2) is 4.71. The van der Waals surface area contributed by atoms with E-state index in [0.717, 1.165) is 0 Å². The molecule has 0 saturated heterocycles. The molecule has 0 saturated carbocycles. The molecule has 17 heavy (non-hydrogen) atoms. The maximum atomic E-state index is 11.2. The van der Waals surface area contributed by atoms with Gasteiger partial charge in [0.05, 0.1) is 12.8 Å². The molecule has 0 aromatic heterocycles. The molecule has 0 spiro atoms. The summed E-state index contributed by atoms with van der Waals surface area (Å²) in [5.41, 5.74) is 9.00.